The maximum Gasteiger partial charge on any atom is 0.511 e. The third kappa shape index (κ3) is 5.25. The Bertz CT molecular complexity index is 1480. The predicted octanol–water partition coefficient (Wildman–Crippen LogP) is 6.37. The molecule has 0 saturated carbocycles. The van der Waals surface area contributed by atoms with Crippen LogP contribution < -0.4 is 9.64 Å². The van der Waals surface area contributed by atoms with Gasteiger partial charge in [-0.3, -0.25) is 4.79 Å². The van der Waals surface area contributed by atoms with Gasteiger partial charge in [0, 0.05) is 24.9 Å². The summed E-state index contributed by atoms with van der Waals surface area (Å²) in [4.78, 5) is 35.4. The molecule has 1 aliphatic rings. The van der Waals surface area contributed by atoms with Gasteiger partial charge in [-0.05, 0) is 49.4 Å². The third-order valence-corrected chi connectivity index (χ3v) is 7.02. The highest BCUT2D eigenvalue weighted by Gasteiger charge is 2.24. The molecule has 196 valence electrons. The normalized spacial score (nSPS) is 13.7. The number of hydrogen-bond donors (Lipinski definition) is 1. The molecular weight excluding hydrogens is 480 g/mol. The number of para-hydroxylation sites is 1. The lowest BCUT2D eigenvalue weighted by Gasteiger charge is -2.27. The fourth-order valence-electron chi connectivity index (χ4n) is 5.06. The second-order valence-corrected chi connectivity index (χ2v) is 9.72. The predicted molar refractivity (Wildman–Crippen MR) is 147 cm³/mol. The molecule has 8 nitrogen and oxygen atoms in total. The fourth-order valence-corrected chi connectivity index (χ4v) is 5.06. The van der Waals surface area contributed by atoms with Crippen LogP contribution in [0.5, 0.6) is 5.75 Å². The molecule has 0 unspecified atom stereocenters. The second-order valence-electron chi connectivity index (χ2n) is 9.72. The molecule has 0 aliphatic carbocycles. The van der Waals surface area contributed by atoms with E-state index < -0.39 is 6.16 Å². The largest absolute Gasteiger partial charge is 0.511 e. The van der Waals surface area contributed by atoms with Gasteiger partial charge < -0.3 is 19.3 Å². The first-order valence-electron chi connectivity index (χ1n) is 13.2. The summed E-state index contributed by atoms with van der Waals surface area (Å²) in [5.41, 5.74) is 6.00. The van der Waals surface area contributed by atoms with Gasteiger partial charge in [0.1, 0.15) is 17.1 Å². The lowest BCUT2D eigenvalue weighted by atomic mass is 10.0. The van der Waals surface area contributed by atoms with Gasteiger partial charge in [0.05, 0.1) is 17.9 Å². The monoisotopic (exact) mass is 512 g/mol. The summed E-state index contributed by atoms with van der Waals surface area (Å²) in [6.45, 7) is 5.46. The average molecular weight is 513 g/mol. The Morgan fingerprint density at radius 2 is 1.87 bits per heavy atom. The highest BCUT2D eigenvalue weighted by Crippen LogP contribution is 2.31. The Morgan fingerprint density at radius 3 is 2.61 bits per heavy atom. The topological polar surface area (TPSA) is 97.5 Å². The molecule has 5 rings (SSSR count). The fraction of sp³-hybridized carbons (Fsp3) is 0.333. The van der Waals surface area contributed by atoms with Crippen molar-refractivity contribution in [3.8, 4) is 16.9 Å². The smallest absolute Gasteiger partial charge is 0.449 e. The van der Waals surface area contributed by atoms with Crippen LogP contribution in [0.4, 0.5) is 10.5 Å². The molecule has 38 heavy (non-hydrogen) atoms. The molecule has 0 spiro atoms. The number of pyridine rings is 1. The molecule has 8 heteroatoms. The molecule has 0 atom stereocenters. The molecule has 2 aromatic carbocycles. The zero-order valence-corrected chi connectivity index (χ0v) is 21.8. The zero-order chi connectivity index (χ0) is 26.6. The second kappa shape index (κ2) is 11.0. The lowest BCUT2D eigenvalue weighted by molar-refractivity contribution is -0.119. The number of fused-ring (bicyclic) bond motifs is 1. The van der Waals surface area contributed by atoms with Gasteiger partial charge in [0.25, 0.3) is 0 Å². The molecule has 3 heterocycles. The van der Waals surface area contributed by atoms with Crippen LogP contribution in [0, 0.1) is 6.92 Å². The van der Waals surface area contributed by atoms with Crippen LogP contribution in [0.15, 0.2) is 54.6 Å². The number of carbonyl (C=O) groups excluding carboxylic acids is 1. The molecule has 1 saturated heterocycles. The molecule has 4 aromatic rings. The first kappa shape index (κ1) is 25.4. The number of rotatable bonds is 8. The van der Waals surface area contributed by atoms with Crippen LogP contribution in [-0.2, 0) is 17.8 Å². The van der Waals surface area contributed by atoms with E-state index in [2.05, 4.69) is 11.5 Å². The number of carbonyl (C=O) groups is 2. The summed E-state index contributed by atoms with van der Waals surface area (Å²) >= 11 is 0. The number of hydrogen-bond acceptors (Lipinski definition) is 5. The minimum Gasteiger partial charge on any atom is -0.449 e. The summed E-state index contributed by atoms with van der Waals surface area (Å²) in [5, 5.41) is 9.07. The van der Waals surface area contributed by atoms with E-state index in [1.54, 1.807) is 12.1 Å². The zero-order valence-electron chi connectivity index (χ0n) is 21.8. The van der Waals surface area contributed by atoms with Crippen molar-refractivity contribution < 1.29 is 19.4 Å². The van der Waals surface area contributed by atoms with Crippen LogP contribution in [0.1, 0.15) is 56.1 Å². The van der Waals surface area contributed by atoms with Gasteiger partial charge in [-0.2, -0.15) is 0 Å². The summed E-state index contributed by atoms with van der Waals surface area (Å²) in [5.74, 6) is 1.44. The maximum atomic E-state index is 12.6. The summed E-state index contributed by atoms with van der Waals surface area (Å²) < 4.78 is 7.14. The van der Waals surface area contributed by atoms with Crippen molar-refractivity contribution >= 4 is 28.9 Å². The highest BCUT2D eigenvalue weighted by atomic mass is 16.7. The lowest BCUT2D eigenvalue weighted by Crippen LogP contribution is -2.35. The Kier molecular flexibility index (Phi) is 7.40. The molecule has 1 aliphatic heterocycles. The number of aromatic nitrogens is 3. The number of unbranched alkanes of at least 4 members (excludes halogenated alkanes) is 1. The van der Waals surface area contributed by atoms with E-state index >= 15 is 0 Å². The average Bonchev–Trinajstić information content (AvgIpc) is 3.23. The Balaban J connectivity index is 1.48. The van der Waals surface area contributed by atoms with E-state index in [0.29, 0.717) is 18.7 Å². The van der Waals surface area contributed by atoms with Crippen molar-refractivity contribution in [3.05, 3.63) is 71.7 Å². The first-order valence-corrected chi connectivity index (χ1v) is 13.2. The van der Waals surface area contributed by atoms with Crippen molar-refractivity contribution in [1.82, 2.24) is 14.5 Å². The molecule has 0 radical (unpaired) electrons. The summed E-state index contributed by atoms with van der Waals surface area (Å²) in [7, 11) is 0. The molecule has 1 fully saturated rings. The van der Waals surface area contributed by atoms with Crippen LogP contribution in [0.25, 0.3) is 22.3 Å². The van der Waals surface area contributed by atoms with E-state index in [9.17, 15) is 9.59 Å². The quantitative estimate of drug-likeness (QED) is 0.218. The Morgan fingerprint density at radius 1 is 1.08 bits per heavy atom. The van der Waals surface area contributed by atoms with Gasteiger partial charge in [-0.15, -0.1) is 0 Å². The minimum absolute atomic E-state index is 0.154. The number of piperidine rings is 1. The van der Waals surface area contributed by atoms with Crippen LogP contribution in [0.2, 0.25) is 0 Å². The Labute approximate surface area is 221 Å². The van der Waals surface area contributed by atoms with E-state index in [4.69, 9.17) is 19.8 Å². The highest BCUT2D eigenvalue weighted by molar-refractivity contribution is 5.96. The van der Waals surface area contributed by atoms with Crippen molar-refractivity contribution in [3.63, 3.8) is 0 Å². The van der Waals surface area contributed by atoms with Gasteiger partial charge >= 0.3 is 6.16 Å². The van der Waals surface area contributed by atoms with Gasteiger partial charge in [-0.1, -0.05) is 55.8 Å². The van der Waals surface area contributed by atoms with Crippen molar-refractivity contribution in [2.45, 2.75) is 58.9 Å². The van der Waals surface area contributed by atoms with Crippen molar-refractivity contribution in [2.75, 3.05) is 11.4 Å². The number of imidazole rings is 1. The van der Waals surface area contributed by atoms with Crippen molar-refractivity contribution in [1.29, 1.82) is 0 Å². The Hall–Kier alpha value is -4.20. The third-order valence-electron chi connectivity index (χ3n) is 7.02. The van der Waals surface area contributed by atoms with Gasteiger partial charge in [0.15, 0.2) is 5.65 Å². The van der Waals surface area contributed by atoms with Crippen molar-refractivity contribution in [2.24, 2.45) is 0 Å². The van der Waals surface area contributed by atoms with E-state index in [0.717, 1.165) is 83.7 Å². The van der Waals surface area contributed by atoms with Gasteiger partial charge in [-0.25, -0.2) is 14.8 Å². The minimum atomic E-state index is -1.34. The van der Waals surface area contributed by atoms with E-state index in [1.807, 2.05) is 54.3 Å². The summed E-state index contributed by atoms with van der Waals surface area (Å²) in [6.07, 6.45) is 4.13. The number of ether oxygens (including phenoxy) is 1. The molecular formula is C30H32N4O4. The number of anilines is 1. The number of nitrogens with zero attached hydrogens (tertiary/aromatic N) is 4. The van der Waals surface area contributed by atoms with Gasteiger partial charge in [0.2, 0.25) is 5.91 Å². The standard InChI is InChI=1S/C30H32N4O4/c1-3-4-11-27-32-24-18-25(33-17-8-7-12-28(33)35)20(2)31-29(24)34(27)19-21-13-15-22(16-14-21)23-9-5-6-10-26(23)38-30(36)37/h5-6,9-10,13-16,18H,3-4,7-8,11-12,17,19H2,1-2H3,(H,36,37). The number of benzene rings is 2. The van der Waals surface area contributed by atoms with E-state index in [1.165, 1.54) is 0 Å². The van der Waals surface area contributed by atoms with Crippen LogP contribution in [-0.4, -0.2) is 38.2 Å². The molecule has 1 N–H and O–H groups in total. The van der Waals surface area contributed by atoms with Crippen LogP contribution in [0.3, 0.4) is 0 Å². The number of amides is 1. The first-order chi connectivity index (χ1) is 18.4. The maximum absolute atomic E-state index is 12.6. The van der Waals surface area contributed by atoms with E-state index in [-0.39, 0.29) is 5.91 Å². The number of carboxylic acid groups (broad SMARTS) is 1. The SMILES string of the molecule is CCCCc1nc2cc(N3CCCCC3=O)c(C)nc2n1Cc1ccc(-c2ccccc2OC(=O)O)cc1. The summed E-state index contributed by atoms with van der Waals surface area (Å²) in [6, 6.07) is 17.1. The number of aryl methyl sites for hydroxylation is 2. The van der Waals surface area contributed by atoms with Crippen LogP contribution >= 0.6 is 0 Å². The molecule has 1 amide bonds. The molecule has 2 aromatic heterocycles. The molecule has 0 bridgehead atoms.